The summed E-state index contributed by atoms with van der Waals surface area (Å²) in [6.07, 6.45) is 1.69. The van der Waals surface area contributed by atoms with E-state index in [1.165, 1.54) is 0 Å². The predicted molar refractivity (Wildman–Crippen MR) is 62.9 cm³/mol. The average Bonchev–Trinajstić information content (AvgIpc) is 2.34. The molecule has 98 valence electrons. The van der Waals surface area contributed by atoms with Crippen molar-refractivity contribution >= 4 is 12.0 Å². The van der Waals surface area contributed by atoms with Crippen LogP contribution in [0.3, 0.4) is 0 Å². The van der Waals surface area contributed by atoms with E-state index >= 15 is 0 Å². The van der Waals surface area contributed by atoms with Gasteiger partial charge in [0.2, 0.25) is 0 Å². The molecule has 0 saturated heterocycles. The van der Waals surface area contributed by atoms with Gasteiger partial charge in [-0.2, -0.15) is 0 Å². The van der Waals surface area contributed by atoms with Crippen LogP contribution in [0.15, 0.2) is 18.5 Å². The Morgan fingerprint density at radius 1 is 1.44 bits per heavy atom. The number of aliphatic carboxylic acids is 1. The van der Waals surface area contributed by atoms with Crippen molar-refractivity contribution < 1.29 is 19.8 Å². The Labute approximate surface area is 104 Å². The topological polar surface area (TPSA) is 112 Å². The lowest BCUT2D eigenvalue weighted by molar-refractivity contribution is -0.146. The van der Waals surface area contributed by atoms with E-state index in [2.05, 4.69) is 15.6 Å². The zero-order valence-electron chi connectivity index (χ0n) is 9.88. The average molecular weight is 253 g/mol. The van der Waals surface area contributed by atoms with Crippen molar-refractivity contribution in [3.63, 3.8) is 0 Å². The van der Waals surface area contributed by atoms with Gasteiger partial charge in [-0.05, 0) is 24.1 Å². The maximum Gasteiger partial charge on any atom is 0.334 e. The number of urea groups is 1. The zero-order chi connectivity index (χ0) is 13.5. The number of aryl methyl sites for hydroxylation is 1. The molecule has 0 aliphatic carbocycles. The van der Waals surface area contributed by atoms with Gasteiger partial charge in [0.1, 0.15) is 0 Å². The third kappa shape index (κ3) is 4.38. The number of pyridine rings is 1. The molecule has 2 amide bonds. The number of hydrogen-bond acceptors (Lipinski definition) is 4. The number of hydrogen-bond donors (Lipinski definition) is 4. The van der Waals surface area contributed by atoms with E-state index in [0.717, 1.165) is 11.1 Å². The molecule has 0 radical (unpaired) electrons. The number of carboxylic acids is 1. The number of carbonyl (C=O) groups is 2. The molecule has 1 atom stereocenters. The quantitative estimate of drug-likeness (QED) is 0.572. The minimum atomic E-state index is -1.60. The summed E-state index contributed by atoms with van der Waals surface area (Å²) in [6, 6.07) is 1.28. The van der Waals surface area contributed by atoms with E-state index in [4.69, 9.17) is 10.2 Å². The van der Waals surface area contributed by atoms with Gasteiger partial charge >= 0.3 is 12.0 Å². The second-order valence-electron chi connectivity index (χ2n) is 3.72. The van der Waals surface area contributed by atoms with Gasteiger partial charge in [0, 0.05) is 18.9 Å². The first-order valence-corrected chi connectivity index (χ1v) is 5.32. The van der Waals surface area contributed by atoms with Crippen LogP contribution in [0, 0.1) is 6.92 Å². The summed E-state index contributed by atoms with van der Waals surface area (Å²) >= 11 is 0. The third-order valence-corrected chi connectivity index (χ3v) is 2.33. The van der Waals surface area contributed by atoms with Crippen LogP contribution in [0.4, 0.5) is 4.79 Å². The van der Waals surface area contributed by atoms with Gasteiger partial charge in [0.15, 0.2) is 6.10 Å². The molecule has 1 heterocycles. The van der Waals surface area contributed by atoms with Crippen molar-refractivity contribution in [2.75, 3.05) is 6.54 Å². The highest BCUT2D eigenvalue weighted by atomic mass is 16.4. The zero-order valence-corrected chi connectivity index (χ0v) is 9.88. The fourth-order valence-electron chi connectivity index (χ4n) is 1.20. The lowest BCUT2D eigenvalue weighted by Gasteiger charge is -2.10. The molecular formula is C11H15N3O4. The Morgan fingerprint density at radius 3 is 2.78 bits per heavy atom. The monoisotopic (exact) mass is 253 g/mol. The SMILES string of the molecule is Cc1ccncc1CNC(=O)NCC(O)C(=O)O. The Bertz CT molecular complexity index is 436. The van der Waals surface area contributed by atoms with Crippen molar-refractivity contribution in [3.8, 4) is 0 Å². The molecule has 7 heteroatoms. The number of nitrogens with zero attached hydrogens (tertiary/aromatic N) is 1. The molecule has 1 aromatic rings. The molecule has 0 bridgehead atoms. The summed E-state index contributed by atoms with van der Waals surface area (Å²) < 4.78 is 0. The number of aliphatic hydroxyl groups excluding tert-OH is 1. The highest BCUT2D eigenvalue weighted by Crippen LogP contribution is 2.03. The molecule has 0 spiro atoms. The number of carboxylic acid groups (broad SMARTS) is 1. The van der Waals surface area contributed by atoms with Crippen LogP contribution in [0.25, 0.3) is 0 Å². The molecule has 0 fully saturated rings. The maximum atomic E-state index is 11.3. The van der Waals surface area contributed by atoms with Crippen LogP contribution in [0.5, 0.6) is 0 Å². The molecule has 4 N–H and O–H groups in total. The number of carbonyl (C=O) groups excluding carboxylic acids is 1. The van der Waals surface area contributed by atoms with Gasteiger partial charge < -0.3 is 20.8 Å². The van der Waals surface area contributed by atoms with Crippen LogP contribution in [-0.2, 0) is 11.3 Å². The summed E-state index contributed by atoms with van der Waals surface area (Å²) in [5.41, 5.74) is 1.86. The number of rotatable bonds is 5. The molecule has 0 aliphatic heterocycles. The second kappa shape index (κ2) is 6.55. The standard InChI is InChI=1S/C11H15N3O4/c1-7-2-3-12-4-8(7)5-13-11(18)14-6-9(15)10(16)17/h2-4,9,15H,5-6H2,1H3,(H,16,17)(H2,13,14,18). The van der Waals surface area contributed by atoms with E-state index in [-0.39, 0.29) is 13.1 Å². The van der Waals surface area contributed by atoms with Gasteiger partial charge in [-0.25, -0.2) is 9.59 Å². The Kier molecular flexibility index (Phi) is 5.06. The van der Waals surface area contributed by atoms with Crippen molar-refractivity contribution in [2.45, 2.75) is 19.6 Å². The van der Waals surface area contributed by atoms with E-state index in [9.17, 15) is 9.59 Å². The smallest absolute Gasteiger partial charge is 0.334 e. The molecule has 1 aromatic heterocycles. The van der Waals surface area contributed by atoms with Crippen molar-refractivity contribution in [2.24, 2.45) is 0 Å². The summed E-state index contributed by atoms with van der Waals surface area (Å²) in [4.78, 5) is 25.5. The molecule has 0 saturated carbocycles. The van der Waals surface area contributed by atoms with Crippen LogP contribution in [0.1, 0.15) is 11.1 Å². The molecule has 1 unspecified atom stereocenters. The fourth-order valence-corrected chi connectivity index (χ4v) is 1.20. The molecule has 0 aromatic carbocycles. The Morgan fingerprint density at radius 2 is 2.17 bits per heavy atom. The summed E-state index contributed by atoms with van der Waals surface area (Å²) in [7, 11) is 0. The first kappa shape index (κ1) is 13.9. The number of aliphatic hydroxyl groups is 1. The highest BCUT2D eigenvalue weighted by Gasteiger charge is 2.13. The van der Waals surface area contributed by atoms with Gasteiger partial charge in [-0.3, -0.25) is 4.98 Å². The van der Waals surface area contributed by atoms with Crippen LogP contribution in [-0.4, -0.2) is 39.8 Å². The highest BCUT2D eigenvalue weighted by molar-refractivity contribution is 5.76. The van der Waals surface area contributed by atoms with E-state index in [1.54, 1.807) is 12.4 Å². The van der Waals surface area contributed by atoms with Crippen molar-refractivity contribution in [1.82, 2.24) is 15.6 Å². The Hall–Kier alpha value is -2.15. The summed E-state index contributed by atoms with van der Waals surface area (Å²) in [5, 5.41) is 22.2. The van der Waals surface area contributed by atoms with Crippen LogP contribution >= 0.6 is 0 Å². The van der Waals surface area contributed by atoms with Gasteiger partial charge in [0.25, 0.3) is 0 Å². The largest absolute Gasteiger partial charge is 0.479 e. The molecule has 18 heavy (non-hydrogen) atoms. The van der Waals surface area contributed by atoms with E-state index < -0.39 is 18.1 Å². The minimum Gasteiger partial charge on any atom is -0.479 e. The molecule has 0 aliphatic rings. The fraction of sp³-hybridized carbons (Fsp3) is 0.364. The summed E-state index contributed by atoms with van der Waals surface area (Å²) in [5.74, 6) is -1.38. The third-order valence-electron chi connectivity index (χ3n) is 2.33. The van der Waals surface area contributed by atoms with Crippen LogP contribution in [0.2, 0.25) is 0 Å². The number of amides is 2. The summed E-state index contributed by atoms with van der Waals surface area (Å²) in [6.45, 7) is 1.84. The van der Waals surface area contributed by atoms with Gasteiger partial charge in [-0.15, -0.1) is 0 Å². The van der Waals surface area contributed by atoms with Gasteiger partial charge in [0.05, 0.1) is 6.54 Å². The molecular weight excluding hydrogens is 238 g/mol. The maximum absolute atomic E-state index is 11.3. The molecule has 7 nitrogen and oxygen atoms in total. The van der Waals surface area contributed by atoms with Gasteiger partial charge in [-0.1, -0.05) is 0 Å². The first-order valence-electron chi connectivity index (χ1n) is 5.32. The van der Waals surface area contributed by atoms with Crippen LogP contribution < -0.4 is 10.6 Å². The van der Waals surface area contributed by atoms with Crippen molar-refractivity contribution in [3.05, 3.63) is 29.6 Å². The number of nitrogens with one attached hydrogen (secondary N) is 2. The van der Waals surface area contributed by atoms with E-state index in [0.29, 0.717) is 0 Å². The number of aromatic nitrogens is 1. The Balaban J connectivity index is 2.34. The second-order valence-corrected chi connectivity index (χ2v) is 3.72. The normalized spacial score (nSPS) is 11.7. The molecule has 1 rings (SSSR count). The first-order chi connectivity index (χ1) is 8.50. The predicted octanol–water partition coefficient (Wildman–Crippen LogP) is -0.365. The lowest BCUT2D eigenvalue weighted by atomic mass is 10.2. The lowest BCUT2D eigenvalue weighted by Crippen LogP contribution is -2.41. The van der Waals surface area contributed by atoms with E-state index in [1.807, 2.05) is 13.0 Å². The minimum absolute atomic E-state index is 0.286. The van der Waals surface area contributed by atoms with Crippen molar-refractivity contribution in [1.29, 1.82) is 0 Å².